The monoisotopic (exact) mass is 422 g/mol. The van der Waals surface area contributed by atoms with E-state index in [0.717, 1.165) is 28.7 Å². The summed E-state index contributed by atoms with van der Waals surface area (Å²) in [5, 5.41) is 14.6. The summed E-state index contributed by atoms with van der Waals surface area (Å²) < 4.78 is 5.49. The molecule has 2 aromatic rings. The summed E-state index contributed by atoms with van der Waals surface area (Å²) in [5.74, 6) is -1.44. The van der Waals surface area contributed by atoms with E-state index in [4.69, 9.17) is 4.74 Å². The predicted molar refractivity (Wildman–Crippen MR) is 115 cm³/mol. The van der Waals surface area contributed by atoms with E-state index in [2.05, 4.69) is 22.8 Å². The lowest BCUT2D eigenvalue weighted by Gasteiger charge is -2.38. The molecule has 0 spiro atoms. The maximum atomic E-state index is 12.3. The molecule has 31 heavy (non-hydrogen) atoms. The summed E-state index contributed by atoms with van der Waals surface area (Å²) in [5.41, 5.74) is 3.41. The lowest BCUT2D eigenvalue weighted by molar-refractivity contribution is -0.151. The normalized spacial score (nSPS) is 16.9. The van der Waals surface area contributed by atoms with Crippen LogP contribution in [-0.4, -0.2) is 41.3 Å². The molecule has 0 aliphatic heterocycles. The molecule has 0 aromatic heterocycles. The van der Waals surface area contributed by atoms with Crippen molar-refractivity contribution in [2.24, 2.45) is 0 Å². The van der Waals surface area contributed by atoms with E-state index in [1.807, 2.05) is 36.4 Å². The highest BCUT2D eigenvalue weighted by atomic mass is 16.5. The molecule has 1 saturated carbocycles. The van der Waals surface area contributed by atoms with Gasteiger partial charge in [-0.15, -0.1) is 0 Å². The van der Waals surface area contributed by atoms with Crippen LogP contribution < -0.4 is 10.6 Å². The minimum atomic E-state index is -1.15. The van der Waals surface area contributed by atoms with Crippen LogP contribution in [0.15, 0.2) is 48.5 Å². The van der Waals surface area contributed by atoms with Gasteiger partial charge in [0.15, 0.2) is 0 Å². The molecule has 2 amide bonds. The Labute approximate surface area is 180 Å². The number of carboxylic acids is 1. The number of hydrogen-bond donors (Lipinski definition) is 3. The van der Waals surface area contributed by atoms with Gasteiger partial charge < -0.3 is 20.5 Å². The molecular formula is C24H26N2O5. The number of alkyl carbamates (subject to hydrolysis) is 1. The Bertz CT molecular complexity index is 969. The molecule has 0 saturated heterocycles. The Morgan fingerprint density at radius 2 is 1.65 bits per heavy atom. The molecule has 1 fully saturated rings. The third-order valence-electron chi connectivity index (χ3n) is 6.19. The van der Waals surface area contributed by atoms with E-state index in [9.17, 15) is 19.5 Å². The van der Waals surface area contributed by atoms with E-state index in [-0.39, 0.29) is 18.9 Å². The summed E-state index contributed by atoms with van der Waals surface area (Å²) >= 11 is 0. The lowest BCUT2D eigenvalue weighted by Crippen LogP contribution is -2.59. The van der Waals surface area contributed by atoms with Crippen molar-refractivity contribution in [1.29, 1.82) is 0 Å². The highest BCUT2D eigenvalue weighted by Crippen LogP contribution is 2.44. The summed E-state index contributed by atoms with van der Waals surface area (Å²) in [6.45, 7) is 1.89. The van der Waals surface area contributed by atoms with Crippen LogP contribution in [0.2, 0.25) is 0 Å². The quantitative estimate of drug-likeness (QED) is 0.634. The van der Waals surface area contributed by atoms with Crippen molar-refractivity contribution in [1.82, 2.24) is 10.6 Å². The Balaban J connectivity index is 1.30. The van der Waals surface area contributed by atoms with Gasteiger partial charge in [-0.3, -0.25) is 4.79 Å². The van der Waals surface area contributed by atoms with Gasteiger partial charge in [0.05, 0.1) is 0 Å². The summed E-state index contributed by atoms with van der Waals surface area (Å²) in [4.78, 5) is 35.9. The number of hydrogen-bond acceptors (Lipinski definition) is 4. The van der Waals surface area contributed by atoms with E-state index in [1.165, 1.54) is 0 Å². The molecule has 7 nitrogen and oxygen atoms in total. The van der Waals surface area contributed by atoms with Gasteiger partial charge >= 0.3 is 12.1 Å². The number of aliphatic carboxylic acids is 1. The molecule has 4 rings (SSSR count). The smallest absolute Gasteiger partial charge is 0.407 e. The summed E-state index contributed by atoms with van der Waals surface area (Å²) in [6.07, 6.45) is 1.03. The SMILES string of the molecule is C[C@H](CC(=O)NC1(C(=O)O)CCC1)NC(=O)OCC1c2ccccc2-c2ccccc21. The first-order valence-corrected chi connectivity index (χ1v) is 10.6. The molecule has 2 aliphatic carbocycles. The number of rotatable bonds is 7. The maximum Gasteiger partial charge on any atom is 0.407 e. The molecular weight excluding hydrogens is 396 g/mol. The van der Waals surface area contributed by atoms with Crippen molar-refractivity contribution in [3.8, 4) is 11.1 Å². The number of carboxylic acid groups (broad SMARTS) is 1. The van der Waals surface area contributed by atoms with Gasteiger partial charge in [0, 0.05) is 18.4 Å². The number of carbonyl (C=O) groups excluding carboxylic acids is 2. The van der Waals surface area contributed by atoms with E-state index in [0.29, 0.717) is 12.8 Å². The number of nitrogens with one attached hydrogen (secondary N) is 2. The number of benzene rings is 2. The lowest BCUT2D eigenvalue weighted by atomic mass is 9.76. The maximum absolute atomic E-state index is 12.3. The van der Waals surface area contributed by atoms with Crippen LogP contribution in [0.25, 0.3) is 11.1 Å². The highest BCUT2D eigenvalue weighted by molar-refractivity contribution is 5.88. The molecule has 2 aromatic carbocycles. The zero-order valence-corrected chi connectivity index (χ0v) is 17.4. The fourth-order valence-corrected chi connectivity index (χ4v) is 4.41. The number of ether oxygens (including phenoxy) is 1. The van der Waals surface area contributed by atoms with Crippen LogP contribution in [0.5, 0.6) is 0 Å². The zero-order chi connectivity index (χ0) is 22.0. The van der Waals surface area contributed by atoms with E-state index in [1.54, 1.807) is 6.92 Å². The van der Waals surface area contributed by atoms with Crippen molar-refractivity contribution in [2.45, 2.75) is 50.1 Å². The minimum absolute atomic E-state index is 0.0147. The van der Waals surface area contributed by atoms with Crippen LogP contribution in [0.1, 0.15) is 49.7 Å². The van der Waals surface area contributed by atoms with Crippen LogP contribution in [0, 0.1) is 0 Å². The van der Waals surface area contributed by atoms with Crippen molar-refractivity contribution >= 4 is 18.0 Å². The molecule has 2 aliphatic rings. The van der Waals surface area contributed by atoms with E-state index >= 15 is 0 Å². The summed E-state index contributed by atoms with van der Waals surface area (Å²) in [6, 6.07) is 15.7. The third-order valence-corrected chi connectivity index (χ3v) is 6.19. The molecule has 7 heteroatoms. The predicted octanol–water partition coefficient (Wildman–Crippen LogP) is 3.43. The second-order valence-electron chi connectivity index (χ2n) is 8.36. The molecule has 162 valence electrons. The standard InChI is InChI=1S/C24H26N2O5/c1-15(13-21(27)26-24(22(28)29)11-6-12-24)25-23(30)31-14-20-18-9-4-2-7-16(18)17-8-3-5-10-19(17)20/h2-5,7-10,15,20H,6,11-14H2,1H3,(H,25,30)(H,26,27)(H,28,29)/t15-/m1/s1. The van der Waals surface area contributed by atoms with Crippen molar-refractivity contribution < 1.29 is 24.2 Å². The molecule has 1 atom stereocenters. The van der Waals surface area contributed by atoms with Gasteiger partial charge in [0.1, 0.15) is 12.1 Å². The topological polar surface area (TPSA) is 105 Å². The molecule has 0 bridgehead atoms. The van der Waals surface area contributed by atoms with Crippen LogP contribution in [0.3, 0.4) is 0 Å². The fraction of sp³-hybridized carbons (Fsp3) is 0.375. The van der Waals surface area contributed by atoms with Crippen LogP contribution in [0.4, 0.5) is 4.79 Å². The second kappa shape index (κ2) is 8.41. The molecule has 3 N–H and O–H groups in total. The number of fused-ring (bicyclic) bond motifs is 3. The Kier molecular flexibility index (Phi) is 5.67. The number of carbonyl (C=O) groups is 3. The second-order valence-corrected chi connectivity index (χ2v) is 8.36. The first-order valence-electron chi connectivity index (χ1n) is 10.6. The van der Waals surface area contributed by atoms with Gasteiger partial charge in [-0.25, -0.2) is 9.59 Å². The average Bonchev–Trinajstić information content (AvgIpc) is 3.02. The van der Waals surface area contributed by atoms with Gasteiger partial charge in [0.2, 0.25) is 5.91 Å². The highest BCUT2D eigenvalue weighted by Gasteiger charge is 2.45. The zero-order valence-electron chi connectivity index (χ0n) is 17.4. The van der Waals surface area contributed by atoms with Crippen molar-refractivity contribution in [3.05, 3.63) is 59.7 Å². The van der Waals surface area contributed by atoms with Gasteiger partial charge in [-0.1, -0.05) is 48.5 Å². The first kappa shape index (κ1) is 20.9. The molecule has 0 unspecified atom stereocenters. The first-order chi connectivity index (χ1) is 14.9. The summed E-state index contributed by atoms with van der Waals surface area (Å²) in [7, 11) is 0. The average molecular weight is 422 g/mol. The van der Waals surface area contributed by atoms with Gasteiger partial charge in [-0.2, -0.15) is 0 Å². The van der Waals surface area contributed by atoms with E-state index < -0.39 is 29.6 Å². The Hall–Kier alpha value is -3.35. The number of amides is 2. The van der Waals surface area contributed by atoms with Crippen LogP contribution in [-0.2, 0) is 14.3 Å². The van der Waals surface area contributed by atoms with Gasteiger partial charge in [0.25, 0.3) is 0 Å². The Morgan fingerprint density at radius 3 is 2.16 bits per heavy atom. The van der Waals surface area contributed by atoms with Crippen molar-refractivity contribution in [3.63, 3.8) is 0 Å². The van der Waals surface area contributed by atoms with Crippen LogP contribution >= 0.6 is 0 Å². The third kappa shape index (κ3) is 4.13. The molecule has 0 heterocycles. The van der Waals surface area contributed by atoms with Crippen molar-refractivity contribution in [2.75, 3.05) is 6.61 Å². The Morgan fingerprint density at radius 1 is 1.06 bits per heavy atom. The minimum Gasteiger partial charge on any atom is -0.480 e. The largest absolute Gasteiger partial charge is 0.480 e. The van der Waals surface area contributed by atoms with Gasteiger partial charge in [-0.05, 0) is 48.4 Å². The molecule has 0 radical (unpaired) electrons. The fourth-order valence-electron chi connectivity index (χ4n) is 4.41.